The van der Waals surface area contributed by atoms with Crippen LogP contribution in [-0.4, -0.2) is 41.1 Å². The van der Waals surface area contributed by atoms with Gasteiger partial charge in [0.05, 0.1) is 32.7 Å². The Morgan fingerprint density at radius 3 is 2.08 bits per heavy atom. The van der Waals surface area contributed by atoms with E-state index in [0.717, 1.165) is 37.5 Å². The minimum Gasteiger partial charge on any atom is -0.379 e. The number of hydrogen-bond donors (Lipinski definition) is 0. The first-order chi connectivity index (χ1) is 11.4. The molecule has 0 fully saturated rings. The van der Waals surface area contributed by atoms with Crippen LogP contribution >= 0.6 is 23.2 Å². The molecule has 0 aromatic heterocycles. The van der Waals surface area contributed by atoms with E-state index in [1.165, 1.54) is 0 Å². The van der Waals surface area contributed by atoms with Gasteiger partial charge in [-0.25, -0.2) is 0 Å². The quantitative estimate of drug-likeness (QED) is 0.370. The largest absolute Gasteiger partial charge is 0.379 e. The van der Waals surface area contributed by atoms with Gasteiger partial charge in [0.2, 0.25) is 0 Å². The van der Waals surface area contributed by atoms with E-state index in [1.807, 2.05) is 0 Å². The molecule has 1 aromatic carbocycles. The molecule has 0 bridgehead atoms. The first-order valence-electron chi connectivity index (χ1n) is 7.83. The molecule has 0 amide bonds. The average Bonchev–Trinajstić information content (AvgIpc) is 2.49. The van der Waals surface area contributed by atoms with E-state index in [4.69, 9.17) is 32.7 Å². The summed E-state index contributed by atoms with van der Waals surface area (Å²) in [6.45, 7) is 2.26. The van der Waals surface area contributed by atoms with Gasteiger partial charge >= 0.3 is 0 Å². The molecule has 0 saturated heterocycles. The van der Waals surface area contributed by atoms with Crippen molar-refractivity contribution in [2.75, 3.05) is 32.7 Å². The third kappa shape index (κ3) is 10.5. The average molecular weight is 399 g/mol. The van der Waals surface area contributed by atoms with Crippen molar-refractivity contribution in [2.24, 2.45) is 0 Å². The van der Waals surface area contributed by atoms with Gasteiger partial charge in [0.25, 0.3) is 10.1 Å². The lowest BCUT2D eigenvalue weighted by atomic mass is 10.2. The molecule has 0 heterocycles. The monoisotopic (exact) mass is 398 g/mol. The fourth-order valence-electron chi connectivity index (χ4n) is 1.93. The molecule has 8 heteroatoms. The van der Waals surface area contributed by atoms with E-state index in [9.17, 15) is 8.42 Å². The van der Waals surface area contributed by atoms with E-state index < -0.39 is 10.1 Å². The summed E-state index contributed by atoms with van der Waals surface area (Å²) in [5.41, 5.74) is 0.789. The SMILES string of the molecule is CS(=O)(=O)OCCCCCCOCCOCc1c(Cl)cccc1Cl. The Hall–Kier alpha value is -0.370. The van der Waals surface area contributed by atoms with Crippen molar-refractivity contribution in [1.82, 2.24) is 0 Å². The van der Waals surface area contributed by atoms with Crippen LogP contribution in [0.2, 0.25) is 10.0 Å². The van der Waals surface area contributed by atoms with Crippen LogP contribution in [0.4, 0.5) is 0 Å². The molecule has 0 atom stereocenters. The van der Waals surface area contributed by atoms with E-state index in [1.54, 1.807) is 18.2 Å². The second-order valence-electron chi connectivity index (χ2n) is 5.31. The zero-order valence-corrected chi connectivity index (χ0v) is 16.1. The third-order valence-corrected chi connectivity index (χ3v) is 4.46. The van der Waals surface area contributed by atoms with Crippen molar-refractivity contribution in [3.05, 3.63) is 33.8 Å². The summed E-state index contributed by atoms with van der Waals surface area (Å²) in [7, 11) is -3.32. The Kier molecular flexibility index (Phi) is 10.9. The van der Waals surface area contributed by atoms with Gasteiger partial charge in [0.1, 0.15) is 0 Å². The molecular formula is C16H24Cl2O5S. The molecule has 0 saturated carbocycles. The minimum absolute atomic E-state index is 0.248. The lowest BCUT2D eigenvalue weighted by Gasteiger charge is -2.08. The first kappa shape index (κ1) is 21.7. The third-order valence-electron chi connectivity index (χ3n) is 3.16. The van der Waals surface area contributed by atoms with Crippen LogP contribution in [0.5, 0.6) is 0 Å². The molecule has 1 aromatic rings. The maximum atomic E-state index is 10.8. The van der Waals surface area contributed by atoms with E-state index in [2.05, 4.69) is 4.18 Å². The molecule has 0 unspecified atom stereocenters. The highest BCUT2D eigenvalue weighted by Gasteiger charge is 2.05. The maximum absolute atomic E-state index is 10.8. The number of unbranched alkanes of at least 4 members (excludes halogenated alkanes) is 3. The minimum atomic E-state index is -3.32. The Bertz CT molecular complexity index is 558. The second kappa shape index (κ2) is 12.1. The molecule has 5 nitrogen and oxygen atoms in total. The van der Waals surface area contributed by atoms with Crippen molar-refractivity contribution >= 4 is 33.3 Å². The molecule has 0 aliphatic carbocycles. The molecule has 0 radical (unpaired) electrons. The van der Waals surface area contributed by atoms with Crippen molar-refractivity contribution < 1.29 is 22.1 Å². The summed E-state index contributed by atoms with van der Waals surface area (Å²) in [6, 6.07) is 5.36. The van der Waals surface area contributed by atoms with Crippen molar-refractivity contribution in [2.45, 2.75) is 32.3 Å². The van der Waals surface area contributed by atoms with E-state index in [0.29, 0.717) is 36.5 Å². The summed E-state index contributed by atoms with van der Waals surface area (Å²) < 4.78 is 37.1. The van der Waals surface area contributed by atoms with Gasteiger partial charge in [-0.15, -0.1) is 0 Å². The number of hydrogen-bond acceptors (Lipinski definition) is 5. The van der Waals surface area contributed by atoms with E-state index >= 15 is 0 Å². The van der Waals surface area contributed by atoms with Gasteiger partial charge in [-0.1, -0.05) is 42.1 Å². The summed E-state index contributed by atoms with van der Waals surface area (Å²) >= 11 is 12.1. The normalized spacial score (nSPS) is 11.8. The standard InChI is InChI=1S/C16H24Cl2O5S/c1-24(19,20)23-10-5-3-2-4-9-21-11-12-22-13-14-15(17)7-6-8-16(14)18/h6-8H,2-5,9-13H2,1H3. The van der Waals surface area contributed by atoms with Crippen molar-refractivity contribution in [3.8, 4) is 0 Å². The number of halogens is 2. The summed E-state index contributed by atoms with van der Waals surface area (Å²) in [4.78, 5) is 0. The predicted octanol–water partition coefficient (Wildman–Crippen LogP) is 4.06. The van der Waals surface area contributed by atoms with Crippen molar-refractivity contribution in [3.63, 3.8) is 0 Å². The lowest BCUT2D eigenvalue weighted by molar-refractivity contribution is 0.0393. The fraction of sp³-hybridized carbons (Fsp3) is 0.625. The summed E-state index contributed by atoms with van der Waals surface area (Å²) in [6.07, 6.45) is 4.61. The van der Waals surface area contributed by atoms with E-state index in [-0.39, 0.29) is 6.61 Å². The number of rotatable bonds is 13. The molecule has 0 N–H and O–H groups in total. The molecule has 0 spiro atoms. The summed E-state index contributed by atoms with van der Waals surface area (Å²) in [5.74, 6) is 0. The van der Waals surface area contributed by atoms with Crippen molar-refractivity contribution in [1.29, 1.82) is 0 Å². The van der Waals surface area contributed by atoms with Crippen LogP contribution in [-0.2, 0) is 30.4 Å². The predicted molar refractivity (Wildman–Crippen MR) is 96.2 cm³/mol. The van der Waals surface area contributed by atoms with Crippen LogP contribution in [0.3, 0.4) is 0 Å². The highest BCUT2D eigenvalue weighted by Crippen LogP contribution is 2.24. The number of ether oxygens (including phenoxy) is 2. The zero-order valence-electron chi connectivity index (χ0n) is 13.8. The highest BCUT2D eigenvalue weighted by atomic mass is 35.5. The molecule has 1 rings (SSSR count). The van der Waals surface area contributed by atoms with Gasteiger partial charge in [-0.3, -0.25) is 4.18 Å². The van der Waals surface area contributed by atoms with Gasteiger partial charge in [0.15, 0.2) is 0 Å². The lowest BCUT2D eigenvalue weighted by Crippen LogP contribution is -2.06. The first-order valence-corrected chi connectivity index (χ1v) is 10.4. The Morgan fingerprint density at radius 1 is 0.875 bits per heavy atom. The number of benzene rings is 1. The second-order valence-corrected chi connectivity index (χ2v) is 7.76. The smallest absolute Gasteiger partial charge is 0.264 e. The zero-order chi connectivity index (χ0) is 17.8. The Balaban J connectivity index is 1.92. The van der Waals surface area contributed by atoms with Crippen LogP contribution in [0.25, 0.3) is 0 Å². The van der Waals surface area contributed by atoms with Crippen LogP contribution in [0.15, 0.2) is 18.2 Å². The summed E-state index contributed by atoms with van der Waals surface area (Å²) in [5, 5.41) is 1.20. The van der Waals surface area contributed by atoms with Gasteiger partial charge < -0.3 is 9.47 Å². The molecule has 0 aliphatic rings. The van der Waals surface area contributed by atoms with Crippen LogP contribution in [0, 0.1) is 0 Å². The van der Waals surface area contributed by atoms with Gasteiger partial charge in [0, 0.05) is 22.2 Å². The Morgan fingerprint density at radius 2 is 1.46 bits per heavy atom. The molecular weight excluding hydrogens is 375 g/mol. The van der Waals surface area contributed by atoms with Gasteiger partial charge in [-0.2, -0.15) is 8.42 Å². The molecule has 24 heavy (non-hydrogen) atoms. The topological polar surface area (TPSA) is 61.8 Å². The van der Waals surface area contributed by atoms with Crippen LogP contribution in [0.1, 0.15) is 31.2 Å². The highest BCUT2D eigenvalue weighted by molar-refractivity contribution is 7.85. The fourth-order valence-corrected chi connectivity index (χ4v) is 2.86. The Labute approximate surface area is 154 Å². The molecule has 0 aliphatic heterocycles. The maximum Gasteiger partial charge on any atom is 0.264 e. The molecule has 138 valence electrons. The van der Waals surface area contributed by atoms with Gasteiger partial charge in [-0.05, 0) is 25.0 Å². The van der Waals surface area contributed by atoms with Crippen LogP contribution < -0.4 is 0 Å².